The number of rotatable bonds is 8. The summed E-state index contributed by atoms with van der Waals surface area (Å²) in [5.41, 5.74) is 0.370. The van der Waals surface area contributed by atoms with Crippen molar-refractivity contribution in [2.24, 2.45) is 0 Å². The molecule has 3 aromatic rings. The third-order valence-electron chi connectivity index (χ3n) is 5.00. The molecule has 3 rings (SSSR count). The number of hydrogen-bond donors (Lipinski definition) is 3. The van der Waals surface area contributed by atoms with Crippen LogP contribution in [0.4, 0.5) is 10.2 Å². The molecule has 11 heteroatoms. The third kappa shape index (κ3) is 6.25. The van der Waals surface area contributed by atoms with Gasteiger partial charge < -0.3 is 20.6 Å². The highest BCUT2D eigenvalue weighted by Gasteiger charge is 2.18. The lowest BCUT2D eigenvalue weighted by atomic mass is 10.0. The number of nitrogens with one attached hydrogen (secondary N) is 2. The van der Waals surface area contributed by atoms with Crippen LogP contribution in [-0.2, 0) is 6.61 Å². The topological polar surface area (TPSA) is 113 Å². The zero-order chi connectivity index (χ0) is 25.9. The van der Waals surface area contributed by atoms with Gasteiger partial charge in [-0.2, -0.15) is 0 Å². The van der Waals surface area contributed by atoms with Crippen LogP contribution in [0.25, 0.3) is 5.69 Å². The molecule has 0 aliphatic rings. The van der Waals surface area contributed by atoms with E-state index in [1.165, 1.54) is 30.7 Å². The van der Waals surface area contributed by atoms with Crippen LogP contribution in [0, 0.1) is 25.1 Å². The van der Waals surface area contributed by atoms with E-state index in [-0.39, 0.29) is 28.1 Å². The maximum Gasteiger partial charge on any atom is 0.277 e. The van der Waals surface area contributed by atoms with Crippen molar-refractivity contribution in [1.82, 2.24) is 14.5 Å². The van der Waals surface area contributed by atoms with Gasteiger partial charge in [0, 0.05) is 30.2 Å². The zero-order valence-corrected chi connectivity index (χ0v) is 21.0. The Kier molecular flexibility index (Phi) is 7.94. The minimum absolute atomic E-state index is 0.0175. The van der Waals surface area contributed by atoms with Gasteiger partial charge in [-0.1, -0.05) is 23.2 Å². The molecule has 3 aromatic heterocycles. The van der Waals surface area contributed by atoms with Crippen LogP contribution in [0.2, 0.25) is 10.0 Å². The molecule has 3 heterocycles. The molecule has 0 fully saturated rings. The number of aliphatic hydroxyl groups is 1. The van der Waals surface area contributed by atoms with E-state index < -0.39 is 17.0 Å². The van der Waals surface area contributed by atoms with Crippen molar-refractivity contribution in [3.05, 3.63) is 86.0 Å². The first-order valence-electron chi connectivity index (χ1n) is 10.4. The summed E-state index contributed by atoms with van der Waals surface area (Å²) < 4.78 is 20.3. The van der Waals surface area contributed by atoms with Gasteiger partial charge in [-0.3, -0.25) is 14.3 Å². The largest absolute Gasteiger partial charge is 0.485 e. The Morgan fingerprint density at radius 1 is 1.26 bits per heavy atom. The second-order valence-corrected chi connectivity index (χ2v) is 9.07. The SMILES string of the molecule is Cc1cnc(N/C=C\C(=N)C(C)(C)O)cc1-n1c(C)cc(OCc2ncc(F)cc2Cl)c(Cl)c1=O. The molecular weight excluding hydrogens is 496 g/mol. The first-order valence-corrected chi connectivity index (χ1v) is 11.2. The minimum atomic E-state index is -1.27. The van der Waals surface area contributed by atoms with E-state index in [0.29, 0.717) is 22.9 Å². The van der Waals surface area contributed by atoms with Crippen molar-refractivity contribution in [2.45, 2.75) is 39.9 Å². The maximum atomic E-state index is 13.2. The molecule has 35 heavy (non-hydrogen) atoms. The lowest BCUT2D eigenvalue weighted by molar-refractivity contribution is 0.154. The van der Waals surface area contributed by atoms with E-state index in [0.717, 1.165) is 17.8 Å². The highest BCUT2D eigenvalue weighted by molar-refractivity contribution is 6.32. The van der Waals surface area contributed by atoms with Gasteiger partial charge in [-0.15, -0.1) is 0 Å². The molecule has 184 valence electrons. The Bertz CT molecular complexity index is 1370. The highest BCUT2D eigenvalue weighted by atomic mass is 35.5. The highest BCUT2D eigenvalue weighted by Crippen LogP contribution is 2.27. The summed E-state index contributed by atoms with van der Waals surface area (Å²) in [6.45, 7) is 6.46. The second-order valence-electron chi connectivity index (χ2n) is 8.28. The summed E-state index contributed by atoms with van der Waals surface area (Å²) in [6, 6.07) is 4.40. The zero-order valence-electron chi connectivity index (χ0n) is 19.5. The molecule has 3 N–H and O–H groups in total. The van der Waals surface area contributed by atoms with Crippen molar-refractivity contribution in [1.29, 1.82) is 5.41 Å². The molecule has 0 saturated carbocycles. The minimum Gasteiger partial charge on any atom is -0.485 e. The Balaban J connectivity index is 1.89. The summed E-state index contributed by atoms with van der Waals surface area (Å²) >= 11 is 12.3. The number of hydrogen-bond acceptors (Lipinski definition) is 7. The lowest BCUT2D eigenvalue weighted by Crippen LogP contribution is -2.28. The van der Waals surface area contributed by atoms with Gasteiger partial charge in [-0.25, -0.2) is 9.37 Å². The molecule has 0 bridgehead atoms. The van der Waals surface area contributed by atoms with Gasteiger partial charge in [0.2, 0.25) is 0 Å². The van der Waals surface area contributed by atoms with E-state index in [1.54, 1.807) is 32.2 Å². The van der Waals surface area contributed by atoms with E-state index in [1.807, 2.05) is 0 Å². The quantitative estimate of drug-likeness (QED) is 0.361. The average molecular weight is 520 g/mol. The molecule has 0 saturated heterocycles. The Hall–Kier alpha value is -3.27. The first kappa shape index (κ1) is 26.3. The maximum absolute atomic E-state index is 13.2. The lowest BCUT2D eigenvalue weighted by Gasteiger charge is -2.17. The van der Waals surface area contributed by atoms with Gasteiger partial charge >= 0.3 is 0 Å². The van der Waals surface area contributed by atoms with E-state index >= 15 is 0 Å². The Labute approximate surface area is 211 Å². The summed E-state index contributed by atoms with van der Waals surface area (Å²) in [5.74, 6) is -0.00121. The fourth-order valence-corrected chi connectivity index (χ4v) is 3.43. The van der Waals surface area contributed by atoms with Gasteiger partial charge in [0.1, 0.15) is 34.6 Å². The van der Waals surface area contributed by atoms with Crippen LogP contribution < -0.4 is 15.6 Å². The molecule has 0 atom stereocenters. The number of aromatic nitrogens is 3. The van der Waals surface area contributed by atoms with Crippen molar-refractivity contribution in [3.8, 4) is 11.4 Å². The molecule has 0 aromatic carbocycles. The Morgan fingerprint density at radius 3 is 2.63 bits per heavy atom. The van der Waals surface area contributed by atoms with Crippen LogP contribution in [0.5, 0.6) is 5.75 Å². The van der Waals surface area contributed by atoms with Crippen LogP contribution in [-0.4, -0.2) is 31.0 Å². The van der Waals surface area contributed by atoms with Gasteiger partial charge in [0.05, 0.1) is 28.3 Å². The molecule has 0 radical (unpaired) electrons. The fourth-order valence-electron chi connectivity index (χ4n) is 3.03. The van der Waals surface area contributed by atoms with Crippen LogP contribution in [0.3, 0.4) is 0 Å². The molecular formula is C24H24Cl2FN5O3. The molecule has 0 unspecified atom stereocenters. The smallest absolute Gasteiger partial charge is 0.277 e. The van der Waals surface area contributed by atoms with Crippen LogP contribution in [0.1, 0.15) is 30.8 Å². The predicted molar refractivity (Wildman–Crippen MR) is 135 cm³/mol. The molecule has 0 amide bonds. The summed E-state index contributed by atoms with van der Waals surface area (Å²) in [7, 11) is 0. The van der Waals surface area contributed by atoms with E-state index in [4.69, 9.17) is 33.3 Å². The van der Waals surface area contributed by atoms with Gasteiger partial charge in [0.25, 0.3) is 5.56 Å². The Morgan fingerprint density at radius 2 is 1.97 bits per heavy atom. The van der Waals surface area contributed by atoms with Gasteiger partial charge in [-0.05, 0) is 45.4 Å². The normalized spacial score (nSPS) is 11.7. The molecule has 0 aliphatic carbocycles. The number of aryl methyl sites for hydroxylation is 2. The number of halogens is 3. The van der Waals surface area contributed by atoms with Crippen molar-refractivity contribution in [3.63, 3.8) is 0 Å². The molecule has 0 spiro atoms. The van der Waals surface area contributed by atoms with Crippen molar-refractivity contribution >= 4 is 34.7 Å². The summed E-state index contributed by atoms with van der Waals surface area (Å²) in [6.07, 6.45) is 5.52. The predicted octanol–water partition coefficient (Wildman–Crippen LogP) is 4.99. The number of anilines is 1. The number of nitrogens with zero attached hydrogens (tertiary/aromatic N) is 3. The van der Waals surface area contributed by atoms with Crippen molar-refractivity contribution < 1.29 is 14.2 Å². The standard InChI is InChI=1S/C24H24Cl2FN5O3/c1-13-10-31-21(29-6-5-20(28)24(3,4)34)9-18(13)32-14(2)7-19(22(26)23(32)33)35-12-17-16(25)8-15(27)11-30-17/h5-11,28,34H,12H2,1-4H3,(H,29,31)/b6-5-,28-20?. The van der Waals surface area contributed by atoms with Crippen LogP contribution in [0.15, 0.2) is 47.7 Å². The summed E-state index contributed by atoms with van der Waals surface area (Å²) in [4.78, 5) is 21.3. The van der Waals surface area contributed by atoms with Crippen LogP contribution >= 0.6 is 23.2 Å². The number of pyridine rings is 3. The second kappa shape index (κ2) is 10.6. The molecule has 8 nitrogen and oxygen atoms in total. The monoisotopic (exact) mass is 519 g/mol. The average Bonchev–Trinajstić information content (AvgIpc) is 2.77. The van der Waals surface area contributed by atoms with Gasteiger partial charge in [0.15, 0.2) is 0 Å². The number of ether oxygens (including phenoxy) is 1. The van der Waals surface area contributed by atoms with E-state index in [2.05, 4.69) is 15.3 Å². The summed E-state index contributed by atoms with van der Waals surface area (Å²) in [5, 5.41) is 20.6. The third-order valence-corrected chi connectivity index (χ3v) is 5.68. The first-order chi connectivity index (χ1) is 16.4. The fraction of sp³-hybridized carbons (Fsp3) is 0.250. The molecule has 0 aliphatic heterocycles. The van der Waals surface area contributed by atoms with Crippen molar-refractivity contribution in [2.75, 3.05) is 5.32 Å². The van der Waals surface area contributed by atoms with E-state index in [9.17, 15) is 14.3 Å².